The highest BCUT2D eigenvalue weighted by Crippen LogP contribution is 2.28. The lowest BCUT2D eigenvalue weighted by molar-refractivity contribution is 0.0740. The third-order valence-electron chi connectivity index (χ3n) is 5.01. The van der Waals surface area contributed by atoms with Crippen LogP contribution in [0.25, 0.3) is 0 Å². The van der Waals surface area contributed by atoms with Crippen molar-refractivity contribution in [3.8, 4) is 5.75 Å². The van der Waals surface area contributed by atoms with Crippen molar-refractivity contribution in [3.05, 3.63) is 65.6 Å². The lowest BCUT2D eigenvalue weighted by Crippen LogP contribution is -2.49. The van der Waals surface area contributed by atoms with Crippen LogP contribution in [0.3, 0.4) is 0 Å². The second kappa shape index (κ2) is 9.08. The molecule has 1 saturated heterocycles. The number of carbonyl (C=O) groups excluding carboxylic acids is 1. The van der Waals surface area contributed by atoms with Gasteiger partial charge in [-0.2, -0.15) is 4.39 Å². The van der Waals surface area contributed by atoms with Gasteiger partial charge in [0.2, 0.25) is 5.82 Å². The van der Waals surface area contributed by atoms with Gasteiger partial charge in [0, 0.05) is 32.4 Å². The number of nitrogens with zero attached hydrogens (tertiary/aromatic N) is 5. The maximum absolute atomic E-state index is 14.4. The summed E-state index contributed by atoms with van der Waals surface area (Å²) in [6.45, 7) is 1.32. The zero-order chi connectivity index (χ0) is 22.7. The van der Waals surface area contributed by atoms with Gasteiger partial charge >= 0.3 is 0 Å². The number of anilines is 3. The van der Waals surface area contributed by atoms with Crippen LogP contribution in [-0.2, 0) is 0 Å². The number of aromatic nitrogens is 3. The maximum Gasteiger partial charge on any atom is 0.257 e. The summed E-state index contributed by atoms with van der Waals surface area (Å²) in [6, 6.07) is 9.56. The summed E-state index contributed by atoms with van der Waals surface area (Å²) in [5, 5.41) is 11.4. The number of amides is 1. The minimum Gasteiger partial charge on any atom is -0.491 e. The number of rotatable bonds is 5. The predicted octanol–water partition coefficient (Wildman–Crippen LogP) is 3.00. The molecule has 0 atom stereocenters. The Labute approximate surface area is 181 Å². The Hall–Kier alpha value is -3.89. The number of methoxy groups -OCH3 is 1. The Kier molecular flexibility index (Phi) is 6.06. The van der Waals surface area contributed by atoms with Crippen molar-refractivity contribution in [2.24, 2.45) is 0 Å². The van der Waals surface area contributed by atoms with Crippen molar-refractivity contribution in [1.82, 2.24) is 20.1 Å². The van der Waals surface area contributed by atoms with Gasteiger partial charge < -0.3 is 19.9 Å². The molecule has 4 rings (SSSR count). The summed E-state index contributed by atoms with van der Waals surface area (Å²) < 4.78 is 46.4. The highest BCUT2D eigenvalue weighted by atomic mass is 19.2. The van der Waals surface area contributed by atoms with Crippen LogP contribution in [0.4, 0.5) is 30.6 Å². The predicted molar refractivity (Wildman–Crippen MR) is 111 cm³/mol. The van der Waals surface area contributed by atoms with Crippen LogP contribution in [0, 0.1) is 17.5 Å². The van der Waals surface area contributed by atoms with Crippen LogP contribution in [0.5, 0.6) is 5.75 Å². The fraction of sp³-hybridized carbons (Fsp3) is 0.238. The molecular formula is C21H19F3N6O2. The highest BCUT2D eigenvalue weighted by Gasteiger charge is 2.29. The number of hydrogen-bond donors (Lipinski definition) is 1. The Morgan fingerprint density at radius 2 is 1.78 bits per heavy atom. The molecule has 0 saturated carbocycles. The average Bonchev–Trinajstić information content (AvgIpc) is 2.83. The standard InChI is InChI=1S/C21H19F3N6O2/c1-32-20-18(23)13(12-14(22)19(20)24)21(31)30-10-8-29(9-11-30)17-6-5-16(27-28-17)26-15-4-2-3-7-25-15/h2-7,12H,8-11H2,1H3,(H,25,26,27). The topological polar surface area (TPSA) is 83.5 Å². The van der Waals surface area contributed by atoms with E-state index in [1.54, 1.807) is 24.4 Å². The van der Waals surface area contributed by atoms with Gasteiger partial charge in [-0.1, -0.05) is 6.07 Å². The molecule has 0 bridgehead atoms. The van der Waals surface area contributed by atoms with Crippen molar-refractivity contribution in [2.45, 2.75) is 0 Å². The van der Waals surface area contributed by atoms with E-state index in [1.807, 2.05) is 17.0 Å². The molecule has 0 unspecified atom stereocenters. The van der Waals surface area contributed by atoms with E-state index in [2.05, 4.69) is 25.2 Å². The van der Waals surface area contributed by atoms with Gasteiger partial charge in [0.15, 0.2) is 29.0 Å². The van der Waals surface area contributed by atoms with Crippen LogP contribution in [-0.4, -0.2) is 59.3 Å². The van der Waals surface area contributed by atoms with Crippen LogP contribution < -0.4 is 15.0 Å². The van der Waals surface area contributed by atoms with E-state index in [0.29, 0.717) is 36.6 Å². The van der Waals surface area contributed by atoms with Gasteiger partial charge in [0.05, 0.1) is 12.7 Å². The Bertz CT molecular complexity index is 1110. The molecule has 1 fully saturated rings. The van der Waals surface area contributed by atoms with Gasteiger partial charge in [-0.15, -0.1) is 10.2 Å². The quantitative estimate of drug-likeness (QED) is 0.606. The normalized spacial score (nSPS) is 13.8. The molecule has 0 radical (unpaired) electrons. The summed E-state index contributed by atoms with van der Waals surface area (Å²) in [4.78, 5) is 20.1. The van der Waals surface area contributed by atoms with E-state index in [4.69, 9.17) is 0 Å². The zero-order valence-electron chi connectivity index (χ0n) is 17.1. The lowest BCUT2D eigenvalue weighted by atomic mass is 10.1. The van der Waals surface area contributed by atoms with Crippen LogP contribution in [0.2, 0.25) is 0 Å². The fourth-order valence-electron chi connectivity index (χ4n) is 3.35. The third-order valence-corrected chi connectivity index (χ3v) is 5.01. The number of piperazine rings is 1. The fourth-order valence-corrected chi connectivity index (χ4v) is 3.35. The SMILES string of the molecule is COc1c(F)c(F)cc(C(=O)N2CCN(c3ccc(Nc4ccccn4)nn3)CC2)c1F. The molecule has 0 aliphatic carbocycles. The van der Waals surface area contributed by atoms with E-state index in [1.165, 1.54) is 4.90 Å². The first-order valence-corrected chi connectivity index (χ1v) is 9.75. The van der Waals surface area contributed by atoms with Gasteiger partial charge in [-0.3, -0.25) is 4.79 Å². The number of carbonyl (C=O) groups is 1. The molecule has 11 heteroatoms. The van der Waals surface area contributed by atoms with Gasteiger partial charge in [-0.05, 0) is 30.3 Å². The third kappa shape index (κ3) is 4.27. The molecule has 3 aromatic rings. The molecule has 2 aromatic heterocycles. The number of nitrogens with one attached hydrogen (secondary N) is 1. The second-order valence-corrected chi connectivity index (χ2v) is 6.96. The molecule has 1 aliphatic heterocycles. The molecule has 166 valence electrons. The number of halogens is 3. The average molecular weight is 444 g/mol. The lowest BCUT2D eigenvalue weighted by Gasteiger charge is -2.35. The van der Waals surface area contributed by atoms with E-state index < -0.39 is 34.7 Å². The zero-order valence-corrected chi connectivity index (χ0v) is 17.1. The molecule has 8 nitrogen and oxygen atoms in total. The number of hydrogen-bond acceptors (Lipinski definition) is 7. The Morgan fingerprint density at radius 1 is 1.00 bits per heavy atom. The van der Waals surface area contributed by atoms with E-state index in [-0.39, 0.29) is 13.1 Å². The molecule has 1 aliphatic rings. The summed E-state index contributed by atoms with van der Waals surface area (Å²) >= 11 is 0. The number of pyridine rings is 1. The van der Waals surface area contributed by atoms with E-state index >= 15 is 0 Å². The van der Waals surface area contributed by atoms with Crippen molar-refractivity contribution in [1.29, 1.82) is 0 Å². The smallest absolute Gasteiger partial charge is 0.257 e. The first kappa shape index (κ1) is 21.3. The summed E-state index contributed by atoms with van der Waals surface area (Å²) in [7, 11) is 1.01. The molecule has 0 spiro atoms. The van der Waals surface area contributed by atoms with Crippen LogP contribution in [0.1, 0.15) is 10.4 Å². The number of ether oxygens (including phenoxy) is 1. The van der Waals surface area contributed by atoms with Crippen molar-refractivity contribution in [3.63, 3.8) is 0 Å². The summed E-state index contributed by atoms with van der Waals surface area (Å²) in [5.41, 5.74) is -0.570. The van der Waals surface area contributed by atoms with Crippen molar-refractivity contribution < 1.29 is 22.7 Å². The van der Waals surface area contributed by atoms with E-state index in [0.717, 1.165) is 7.11 Å². The van der Waals surface area contributed by atoms with Gasteiger partial charge in [0.25, 0.3) is 5.91 Å². The minimum atomic E-state index is -1.47. The van der Waals surface area contributed by atoms with E-state index in [9.17, 15) is 18.0 Å². The minimum absolute atomic E-state index is 0.245. The molecule has 1 amide bonds. The van der Waals surface area contributed by atoms with Crippen LogP contribution in [0.15, 0.2) is 42.6 Å². The van der Waals surface area contributed by atoms with Gasteiger partial charge in [-0.25, -0.2) is 13.8 Å². The highest BCUT2D eigenvalue weighted by molar-refractivity contribution is 5.95. The molecule has 1 aromatic carbocycles. The van der Waals surface area contributed by atoms with Crippen LogP contribution >= 0.6 is 0 Å². The van der Waals surface area contributed by atoms with Gasteiger partial charge in [0.1, 0.15) is 5.82 Å². The Morgan fingerprint density at radius 3 is 2.41 bits per heavy atom. The summed E-state index contributed by atoms with van der Waals surface area (Å²) in [6.07, 6.45) is 1.66. The maximum atomic E-state index is 14.4. The first-order chi connectivity index (χ1) is 15.5. The molecule has 3 heterocycles. The monoisotopic (exact) mass is 444 g/mol. The van der Waals surface area contributed by atoms with Crippen molar-refractivity contribution >= 4 is 23.4 Å². The number of benzene rings is 1. The first-order valence-electron chi connectivity index (χ1n) is 9.75. The molecular weight excluding hydrogens is 425 g/mol. The molecule has 32 heavy (non-hydrogen) atoms. The van der Waals surface area contributed by atoms with Crippen molar-refractivity contribution in [2.75, 3.05) is 43.5 Å². The summed E-state index contributed by atoms with van der Waals surface area (Å²) in [5.74, 6) is -3.90. The largest absolute Gasteiger partial charge is 0.491 e. The second-order valence-electron chi connectivity index (χ2n) is 6.96. The Balaban J connectivity index is 1.40. The molecule has 1 N–H and O–H groups in total.